The van der Waals surface area contributed by atoms with Crippen LogP contribution in [0.5, 0.6) is 11.6 Å². The topological polar surface area (TPSA) is 122 Å². The summed E-state index contributed by atoms with van der Waals surface area (Å²) in [4.78, 5) is 6.56. The van der Waals surface area contributed by atoms with Crippen molar-refractivity contribution in [2.24, 2.45) is 5.73 Å². The highest BCUT2D eigenvalue weighted by Crippen LogP contribution is 2.35. The Morgan fingerprint density at radius 2 is 1.92 bits per heavy atom. The van der Waals surface area contributed by atoms with Crippen LogP contribution in [0.1, 0.15) is 30.5 Å². The van der Waals surface area contributed by atoms with Gasteiger partial charge in [0.15, 0.2) is 0 Å². The predicted molar refractivity (Wildman–Crippen MR) is 139 cm³/mol. The average Bonchev–Trinajstić information content (AvgIpc) is 3.29. The van der Waals surface area contributed by atoms with E-state index in [4.69, 9.17) is 15.2 Å². The first kappa shape index (κ1) is 24.7. The van der Waals surface area contributed by atoms with Gasteiger partial charge in [-0.15, -0.1) is 0 Å². The van der Waals surface area contributed by atoms with Crippen molar-refractivity contribution in [2.45, 2.75) is 31.5 Å². The molecule has 4 aromatic rings. The van der Waals surface area contributed by atoms with E-state index in [-0.39, 0.29) is 6.61 Å². The number of aromatic nitrogens is 3. The number of rotatable bonds is 8. The van der Waals surface area contributed by atoms with Crippen LogP contribution in [0.15, 0.2) is 61.1 Å². The van der Waals surface area contributed by atoms with Gasteiger partial charge in [0.05, 0.1) is 41.7 Å². The SMILES string of the molecule is COc1ccc(CN2CC(N)(c3ccc(-c4cc(OCC(C)(C)O)cn5ncc(C#N)c45)cc3)C2)cn1. The van der Waals surface area contributed by atoms with E-state index < -0.39 is 11.1 Å². The van der Waals surface area contributed by atoms with Gasteiger partial charge in [-0.3, -0.25) is 4.90 Å². The summed E-state index contributed by atoms with van der Waals surface area (Å²) in [6.07, 6.45) is 5.09. The molecule has 1 aliphatic rings. The Labute approximate surface area is 215 Å². The zero-order chi connectivity index (χ0) is 26.2. The van der Waals surface area contributed by atoms with E-state index in [0.29, 0.717) is 22.7 Å². The van der Waals surface area contributed by atoms with Gasteiger partial charge >= 0.3 is 0 Å². The Hall–Kier alpha value is -3.97. The molecule has 1 aliphatic heterocycles. The molecule has 0 saturated carbocycles. The van der Waals surface area contributed by atoms with Crippen molar-refractivity contribution in [2.75, 3.05) is 26.8 Å². The molecule has 1 fully saturated rings. The highest BCUT2D eigenvalue weighted by Gasteiger charge is 2.40. The third-order valence-electron chi connectivity index (χ3n) is 6.49. The Balaban J connectivity index is 1.35. The molecule has 0 unspecified atom stereocenters. The monoisotopic (exact) mass is 498 g/mol. The molecule has 3 N–H and O–H groups in total. The largest absolute Gasteiger partial charge is 0.489 e. The Bertz CT molecular complexity index is 1440. The lowest BCUT2D eigenvalue weighted by molar-refractivity contribution is 0.0283. The lowest BCUT2D eigenvalue weighted by atomic mass is 9.82. The maximum absolute atomic E-state index is 10.1. The number of benzene rings is 1. The van der Waals surface area contributed by atoms with Gasteiger partial charge in [0.25, 0.3) is 0 Å². The lowest BCUT2D eigenvalue weighted by Crippen LogP contribution is -2.64. The highest BCUT2D eigenvalue weighted by molar-refractivity contribution is 5.85. The number of nitrogens with zero attached hydrogens (tertiary/aromatic N) is 5. The summed E-state index contributed by atoms with van der Waals surface area (Å²) < 4.78 is 12.6. The van der Waals surface area contributed by atoms with Crippen molar-refractivity contribution < 1.29 is 14.6 Å². The number of nitriles is 1. The summed E-state index contributed by atoms with van der Waals surface area (Å²) in [5.74, 6) is 1.16. The van der Waals surface area contributed by atoms with Gasteiger partial charge in [0, 0.05) is 37.5 Å². The number of ether oxygens (including phenoxy) is 2. The molecule has 0 atom stereocenters. The van der Waals surface area contributed by atoms with Crippen LogP contribution in [-0.2, 0) is 12.1 Å². The third-order valence-corrected chi connectivity index (χ3v) is 6.49. The number of hydrogen-bond donors (Lipinski definition) is 2. The summed E-state index contributed by atoms with van der Waals surface area (Å²) in [5, 5.41) is 24.0. The summed E-state index contributed by atoms with van der Waals surface area (Å²) in [5.41, 5.74) is 10.4. The van der Waals surface area contributed by atoms with Crippen molar-refractivity contribution >= 4 is 5.52 Å². The molecule has 0 spiro atoms. The minimum atomic E-state index is -0.977. The first-order valence-corrected chi connectivity index (χ1v) is 12.1. The fraction of sp³-hybridized carbons (Fsp3) is 0.321. The number of methoxy groups -OCH3 is 1. The van der Waals surface area contributed by atoms with Crippen molar-refractivity contribution in [1.82, 2.24) is 19.5 Å². The third kappa shape index (κ3) is 5.13. The molecule has 3 aromatic heterocycles. The summed E-state index contributed by atoms with van der Waals surface area (Å²) in [6, 6.07) is 16.1. The van der Waals surface area contributed by atoms with Gasteiger partial charge in [-0.05, 0) is 36.6 Å². The van der Waals surface area contributed by atoms with Crippen molar-refractivity contribution in [3.63, 3.8) is 0 Å². The Morgan fingerprint density at radius 1 is 1.16 bits per heavy atom. The second-order valence-corrected chi connectivity index (χ2v) is 10.2. The van der Waals surface area contributed by atoms with Crippen LogP contribution >= 0.6 is 0 Å². The Kier molecular flexibility index (Phi) is 6.33. The van der Waals surface area contributed by atoms with Gasteiger partial charge in [-0.25, -0.2) is 9.50 Å². The van der Waals surface area contributed by atoms with Gasteiger partial charge in [-0.1, -0.05) is 30.3 Å². The van der Waals surface area contributed by atoms with Crippen LogP contribution in [0.2, 0.25) is 0 Å². The fourth-order valence-electron chi connectivity index (χ4n) is 4.65. The van der Waals surface area contributed by atoms with E-state index in [1.165, 1.54) is 0 Å². The van der Waals surface area contributed by atoms with Crippen LogP contribution < -0.4 is 15.2 Å². The smallest absolute Gasteiger partial charge is 0.212 e. The van der Waals surface area contributed by atoms with Crippen LogP contribution in [0.25, 0.3) is 16.6 Å². The number of fused-ring (bicyclic) bond motifs is 1. The molecule has 9 nitrogen and oxygen atoms in total. The quantitative estimate of drug-likeness (QED) is 0.380. The lowest BCUT2D eigenvalue weighted by Gasteiger charge is -2.48. The van der Waals surface area contributed by atoms with E-state index in [9.17, 15) is 10.4 Å². The number of likely N-dealkylation sites (tertiary alicyclic amines) is 1. The number of nitrogens with two attached hydrogens (primary N) is 1. The molecule has 0 radical (unpaired) electrons. The highest BCUT2D eigenvalue weighted by atomic mass is 16.5. The normalized spacial score (nSPS) is 15.2. The molecular weight excluding hydrogens is 468 g/mol. The molecule has 1 aromatic carbocycles. The molecule has 9 heteroatoms. The average molecular weight is 499 g/mol. The minimum Gasteiger partial charge on any atom is -0.489 e. The number of aliphatic hydroxyl groups is 1. The van der Waals surface area contributed by atoms with Gasteiger partial charge in [0.2, 0.25) is 5.88 Å². The summed E-state index contributed by atoms with van der Waals surface area (Å²) >= 11 is 0. The summed E-state index contributed by atoms with van der Waals surface area (Å²) in [7, 11) is 1.61. The van der Waals surface area contributed by atoms with Crippen LogP contribution in [0, 0.1) is 11.3 Å². The van der Waals surface area contributed by atoms with Crippen LogP contribution in [0.4, 0.5) is 0 Å². The molecular formula is C28H30N6O3. The molecule has 0 amide bonds. The second-order valence-electron chi connectivity index (χ2n) is 10.2. The minimum absolute atomic E-state index is 0.127. The number of pyridine rings is 2. The van der Waals surface area contributed by atoms with E-state index in [0.717, 1.165) is 41.9 Å². The fourth-order valence-corrected chi connectivity index (χ4v) is 4.65. The first-order valence-electron chi connectivity index (χ1n) is 12.1. The van der Waals surface area contributed by atoms with Gasteiger partial charge in [-0.2, -0.15) is 10.4 Å². The second kappa shape index (κ2) is 9.48. The zero-order valence-electron chi connectivity index (χ0n) is 21.2. The number of hydrogen-bond acceptors (Lipinski definition) is 8. The van der Waals surface area contributed by atoms with E-state index >= 15 is 0 Å². The molecule has 5 rings (SSSR count). The van der Waals surface area contributed by atoms with E-state index in [1.54, 1.807) is 37.9 Å². The predicted octanol–water partition coefficient (Wildman–Crippen LogP) is 3.10. The zero-order valence-corrected chi connectivity index (χ0v) is 21.2. The van der Waals surface area contributed by atoms with Gasteiger partial charge < -0.3 is 20.3 Å². The van der Waals surface area contributed by atoms with Crippen molar-refractivity contribution in [3.8, 4) is 28.8 Å². The van der Waals surface area contributed by atoms with Gasteiger partial charge in [0.1, 0.15) is 18.4 Å². The molecule has 1 saturated heterocycles. The molecule has 0 aliphatic carbocycles. The molecule has 190 valence electrons. The Morgan fingerprint density at radius 3 is 2.54 bits per heavy atom. The molecule has 37 heavy (non-hydrogen) atoms. The van der Waals surface area contributed by atoms with Crippen molar-refractivity contribution in [3.05, 3.63) is 77.7 Å². The maximum atomic E-state index is 10.1. The van der Waals surface area contributed by atoms with Crippen LogP contribution in [0.3, 0.4) is 0 Å². The first-order chi connectivity index (χ1) is 17.7. The van der Waals surface area contributed by atoms with Crippen molar-refractivity contribution in [1.29, 1.82) is 5.26 Å². The van der Waals surface area contributed by atoms with Crippen LogP contribution in [-0.4, -0.2) is 57.0 Å². The van der Waals surface area contributed by atoms with E-state index in [1.807, 2.05) is 48.7 Å². The molecule has 4 heterocycles. The summed E-state index contributed by atoms with van der Waals surface area (Å²) in [6.45, 7) is 5.76. The maximum Gasteiger partial charge on any atom is 0.212 e. The standard InChI is InChI=1S/C28H30N6O3/c1-27(2,35)18-37-23-10-24(26-21(11-29)13-32-34(26)15-23)20-5-7-22(8-6-20)28(30)16-33(17-28)14-19-4-9-25(36-3)31-12-19/h4-10,12-13,15,35H,14,16-18,30H2,1-3H3. The molecule has 0 bridgehead atoms. The van der Waals surface area contributed by atoms with E-state index in [2.05, 4.69) is 21.1 Å².